The van der Waals surface area contributed by atoms with Gasteiger partial charge < -0.3 is 19.7 Å². The molecule has 0 saturated heterocycles. The monoisotopic (exact) mass is 330 g/mol. The molecule has 2 rings (SSSR count). The Morgan fingerprint density at radius 1 is 1.29 bits per heavy atom. The van der Waals surface area contributed by atoms with Gasteiger partial charge >= 0.3 is 5.97 Å². The Hall–Kier alpha value is -2.27. The van der Waals surface area contributed by atoms with Gasteiger partial charge in [0.25, 0.3) is 0 Å². The van der Waals surface area contributed by atoms with Gasteiger partial charge in [-0.2, -0.15) is 0 Å². The number of hydrogen-bond donors (Lipinski definition) is 2. The molecule has 0 unspecified atom stereocenters. The van der Waals surface area contributed by atoms with E-state index in [9.17, 15) is 9.90 Å². The van der Waals surface area contributed by atoms with Crippen molar-refractivity contribution in [1.29, 1.82) is 0 Å². The van der Waals surface area contributed by atoms with E-state index in [-0.39, 0.29) is 0 Å². The molecule has 0 saturated carbocycles. The topological polar surface area (TPSA) is 63.5 Å². The molecular formula is C19H26N2O3. The molecule has 1 aromatic carbocycles. The van der Waals surface area contributed by atoms with Crippen molar-refractivity contribution in [3.63, 3.8) is 0 Å². The van der Waals surface area contributed by atoms with Gasteiger partial charge in [-0.25, -0.2) is 4.79 Å². The first-order valence-electron chi connectivity index (χ1n) is 8.25. The van der Waals surface area contributed by atoms with Crippen molar-refractivity contribution in [2.75, 3.05) is 13.7 Å². The molecule has 0 aliphatic rings. The Balaban J connectivity index is 2.38. The van der Waals surface area contributed by atoms with Crippen molar-refractivity contribution < 1.29 is 14.6 Å². The first-order valence-corrected chi connectivity index (χ1v) is 8.25. The molecule has 0 aliphatic heterocycles. The van der Waals surface area contributed by atoms with Crippen LogP contribution in [0.3, 0.4) is 0 Å². The zero-order valence-corrected chi connectivity index (χ0v) is 14.8. The van der Waals surface area contributed by atoms with Gasteiger partial charge in [0.1, 0.15) is 5.75 Å². The second-order valence-electron chi connectivity index (χ2n) is 5.94. The Labute approximate surface area is 143 Å². The third-order valence-corrected chi connectivity index (χ3v) is 4.33. The van der Waals surface area contributed by atoms with Gasteiger partial charge in [-0.05, 0) is 44.5 Å². The van der Waals surface area contributed by atoms with Crippen molar-refractivity contribution in [3.8, 4) is 5.75 Å². The fourth-order valence-electron chi connectivity index (χ4n) is 3.03. The van der Waals surface area contributed by atoms with Crippen LogP contribution in [0.5, 0.6) is 5.75 Å². The Bertz CT molecular complexity index is 720. The van der Waals surface area contributed by atoms with Crippen LogP contribution in [-0.4, -0.2) is 29.3 Å². The molecule has 0 radical (unpaired) electrons. The molecular weight excluding hydrogens is 304 g/mol. The van der Waals surface area contributed by atoms with Gasteiger partial charge in [-0.3, -0.25) is 0 Å². The number of carbonyl (C=O) groups is 1. The van der Waals surface area contributed by atoms with E-state index in [1.165, 1.54) is 0 Å². The van der Waals surface area contributed by atoms with Crippen molar-refractivity contribution in [3.05, 3.63) is 52.3 Å². The average Bonchev–Trinajstić information content (AvgIpc) is 2.80. The number of rotatable bonds is 8. The number of aromatic nitrogens is 1. The first-order chi connectivity index (χ1) is 11.5. The molecule has 5 nitrogen and oxygen atoms in total. The summed E-state index contributed by atoms with van der Waals surface area (Å²) in [5, 5.41) is 12.9. The number of nitrogens with zero attached hydrogens (tertiary/aromatic N) is 1. The summed E-state index contributed by atoms with van der Waals surface area (Å²) < 4.78 is 7.34. The Morgan fingerprint density at radius 2 is 2.04 bits per heavy atom. The molecule has 130 valence electrons. The molecule has 0 atom stereocenters. The van der Waals surface area contributed by atoms with Crippen molar-refractivity contribution in [2.45, 2.75) is 40.3 Å². The van der Waals surface area contributed by atoms with E-state index in [1.54, 1.807) is 7.11 Å². The molecule has 1 heterocycles. The largest absolute Gasteiger partial charge is 0.497 e. The quantitative estimate of drug-likeness (QED) is 0.729. The molecule has 0 spiro atoms. The zero-order chi connectivity index (χ0) is 17.7. The van der Waals surface area contributed by atoms with E-state index in [2.05, 4.69) is 16.8 Å². The summed E-state index contributed by atoms with van der Waals surface area (Å²) in [5.41, 5.74) is 4.16. The average molecular weight is 330 g/mol. The van der Waals surface area contributed by atoms with E-state index >= 15 is 0 Å². The van der Waals surface area contributed by atoms with Crippen molar-refractivity contribution in [1.82, 2.24) is 9.88 Å². The molecule has 2 aromatic rings. The summed E-state index contributed by atoms with van der Waals surface area (Å²) in [5.74, 6) is -0.0634. The maximum absolute atomic E-state index is 11.7. The van der Waals surface area contributed by atoms with Gasteiger partial charge in [0.2, 0.25) is 0 Å². The summed E-state index contributed by atoms with van der Waals surface area (Å²) in [6.07, 6.45) is 1.02. The number of carboxylic acids is 1. The first kappa shape index (κ1) is 18.1. The standard InChI is InChI=1S/C19H26N2O3/c1-5-9-20-11-17-13(2)21(14(3)18(17)19(22)23)12-15-7-6-8-16(10-15)24-4/h6-8,10,20H,5,9,11-12H2,1-4H3,(H,22,23). The second kappa shape index (κ2) is 8.02. The number of benzene rings is 1. The van der Waals surface area contributed by atoms with Gasteiger partial charge in [-0.15, -0.1) is 0 Å². The smallest absolute Gasteiger partial charge is 0.337 e. The van der Waals surface area contributed by atoms with Gasteiger partial charge in [-0.1, -0.05) is 19.1 Å². The lowest BCUT2D eigenvalue weighted by atomic mass is 10.1. The molecule has 0 amide bonds. The number of methoxy groups -OCH3 is 1. The molecule has 24 heavy (non-hydrogen) atoms. The lowest BCUT2D eigenvalue weighted by Gasteiger charge is -2.11. The minimum atomic E-state index is -0.867. The lowest BCUT2D eigenvalue weighted by molar-refractivity contribution is 0.0694. The van der Waals surface area contributed by atoms with E-state index in [0.717, 1.165) is 41.2 Å². The third kappa shape index (κ3) is 3.79. The number of carboxylic acid groups (broad SMARTS) is 1. The van der Waals surface area contributed by atoms with E-state index in [0.29, 0.717) is 18.7 Å². The van der Waals surface area contributed by atoms with Crippen LogP contribution in [0, 0.1) is 13.8 Å². The molecule has 5 heteroatoms. The normalized spacial score (nSPS) is 10.8. The van der Waals surface area contributed by atoms with Crippen LogP contribution >= 0.6 is 0 Å². The highest BCUT2D eigenvalue weighted by atomic mass is 16.5. The van der Waals surface area contributed by atoms with Gasteiger partial charge in [0, 0.05) is 30.0 Å². The van der Waals surface area contributed by atoms with Gasteiger partial charge in [0.15, 0.2) is 0 Å². The predicted octanol–water partition coefficient (Wildman–Crippen LogP) is 3.36. The third-order valence-electron chi connectivity index (χ3n) is 4.33. The second-order valence-corrected chi connectivity index (χ2v) is 5.94. The Morgan fingerprint density at radius 3 is 2.67 bits per heavy atom. The van der Waals surface area contributed by atoms with Gasteiger partial charge in [0.05, 0.1) is 12.7 Å². The summed E-state index contributed by atoms with van der Waals surface area (Å²) in [4.78, 5) is 11.7. The van der Waals surface area contributed by atoms with E-state index < -0.39 is 5.97 Å². The number of aromatic carboxylic acids is 1. The summed E-state index contributed by atoms with van der Waals surface area (Å²) >= 11 is 0. The zero-order valence-electron chi connectivity index (χ0n) is 14.8. The van der Waals surface area contributed by atoms with Crippen LogP contribution in [0.1, 0.15) is 46.2 Å². The highest BCUT2D eigenvalue weighted by Gasteiger charge is 2.22. The van der Waals surface area contributed by atoms with Crippen molar-refractivity contribution >= 4 is 5.97 Å². The van der Waals surface area contributed by atoms with Crippen LogP contribution in [-0.2, 0) is 13.1 Å². The molecule has 0 bridgehead atoms. The van der Waals surface area contributed by atoms with Crippen LogP contribution in [0.2, 0.25) is 0 Å². The highest BCUT2D eigenvalue weighted by molar-refractivity contribution is 5.91. The lowest BCUT2D eigenvalue weighted by Crippen LogP contribution is -2.16. The number of ether oxygens (including phenoxy) is 1. The fraction of sp³-hybridized carbons (Fsp3) is 0.421. The van der Waals surface area contributed by atoms with E-state index in [4.69, 9.17) is 4.74 Å². The fourth-order valence-corrected chi connectivity index (χ4v) is 3.03. The minimum Gasteiger partial charge on any atom is -0.497 e. The Kier molecular flexibility index (Phi) is 6.04. The van der Waals surface area contributed by atoms with E-state index in [1.807, 2.05) is 38.1 Å². The summed E-state index contributed by atoms with van der Waals surface area (Å²) in [7, 11) is 1.64. The van der Waals surface area contributed by atoms with Crippen LogP contribution in [0.4, 0.5) is 0 Å². The predicted molar refractivity (Wildman–Crippen MR) is 95.0 cm³/mol. The SMILES string of the molecule is CCCNCc1c(C(=O)O)c(C)n(Cc2cccc(OC)c2)c1C. The molecule has 2 N–H and O–H groups in total. The molecule has 1 aromatic heterocycles. The maximum atomic E-state index is 11.7. The summed E-state index contributed by atoms with van der Waals surface area (Å²) in [6.45, 7) is 8.04. The maximum Gasteiger partial charge on any atom is 0.337 e. The van der Waals surface area contributed by atoms with Crippen LogP contribution in [0.25, 0.3) is 0 Å². The molecule has 0 aliphatic carbocycles. The summed E-state index contributed by atoms with van der Waals surface area (Å²) in [6, 6.07) is 7.86. The molecule has 0 fully saturated rings. The minimum absolute atomic E-state index is 0.416. The van der Waals surface area contributed by atoms with Crippen molar-refractivity contribution in [2.24, 2.45) is 0 Å². The number of hydrogen-bond acceptors (Lipinski definition) is 3. The van der Waals surface area contributed by atoms with Crippen LogP contribution in [0.15, 0.2) is 24.3 Å². The number of nitrogens with one attached hydrogen (secondary N) is 1. The van der Waals surface area contributed by atoms with Crippen LogP contribution < -0.4 is 10.1 Å². The highest BCUT2D eigenvalue weighted by Crippen LogP contribution is 2.24.